The number of hydrogen-bond donors (Lipinski definition) is 2. The van der Waals surface area contributed by atoms with Gasteiger partial charge in [-0.3, -0.25) is 9.78 Å². The third-order valence-electron chi connectivity index (χ3n) is 2.42. The fourth-order valence-electron chi connectivity index (χ4n) is 1.52. The average molecular weight is 247 g/mol. The van der Waals surface area contributed by atoms with Crippen LogP contribution < -0.4 is 5.73 Å². The second-order valence-corrected chi connectivity index (χ2v) is 3.54. The largest absolute Gasteiger partial charge is 0.395 e. The maximum atomic E-state index is 12.2. The lowest BCUT2D eigenvalue weighted by Crippen LogP contribution is -2.33. The normalized spacial score (nSPS) is 9.50. The number of pyridine rings is 1. The Balaban J connectivity index is 3.04. The lowest BCUT2D eigenvalue weighted by Gasteiger charge is -2.20. The summed E-state index contributed by atoms with van der Waals surface area (Å²) in [6, 6.07) is 1.63. The molecule has 0 aromatic carbocycles. The Morgan fingerprint density at radius 2 is 2.39 bits per heavy atom. The molecule has 0 aliphatic rings. The lowest BCUT2D eigenvalue weighted by atomic mass is 10.1. The van der Waals surface area contributed by atoms with Crippen LogP contribution in [0.3, 0.4) is 0 Å². The van der Waals surface area contributed by atoms with Crippen molar-refractivity contribution in [2.24, 2.45) is 5.73 Å². The number of aromatic nitrogens is 1. The monoisotopic (exact) mass is 247 g/mol. The number of likely N-dealkylation sites (N-methyl/N-ethyl adjacent to an activating group) is 1. The number of carbonyl (C=O) groups is 1. The molecule has 0 atom stereocenters. The summed E-state index contributed by atoms with van der Waals surface area (Å²) in [5, 5.41) is 8.92. The molecule has 18 heavy (non-hydrogen) atoms. The van der Waals surface area contributed by atoms with Crippen LogP contribution >= 0.6 is 0 Å². The van der Waals surface area contributed by atoms with Crippen molar-refractivity contribution in [3.05, 3.63) is 29.6 Å². The number of amides is 1. The molecule has 5 heteroatoms. The van der Waals surface area contributed by atoms with E-state index in [9.17, 15) is 4.79 Å². The molecule has 0 bridgehead atoms. The quantitative estimate of drug-likeness (QED) is 0.725. The Hall–Kier alpha value is -1.90. The van der Waals surface area contributed by atoms with Gasteiger partial charge in [0.05, 0.1) is 24.3 Å². The SMILES string of the molecule is CCN(CCO)C(=O)c1ccncc1C#CCN. The Labute approximate surface area is 107 Å². The van der Waals surface area contributed by atoms with Crippen LogP contribution in [0.4, 0.5) is 0 Å². The van der Waals surface area contributed by atoms with Gasteiger partial charge in [-0.05, 0) is 13.0 Å². The van der Waals surface area contributed by atoms with E-state index in [0.29, 0.717) is 24.2 Å². The van der Waals surface area contributed by atoms with Crippen molar-refractivity contribution in [3.8, 4) is 11.8 Å². The van der Waals surface area contributed by atoms with Crippen LogP contribution in [-0.2, 0) is 0 Å². The van der Waals surface area contributed by atoms with Crippen molar-refractivity contribution in [3.63, 3.8) is 0 Å². The van der Waals surface area contributed by atoms with E-state index in [1.807, 2.05) is 6.92 Å². The highest BCUT2D eigenvalue weighted by molar-refractivity contribution is 5.96. The summed E-state index contributed by atoms with van der Waals surface area (Å²) in [5.74, 6) is 5.38. The maximum absolute atomic E-state index is 12.2. The predicted molar refractivity (Wildman–Crippen MR) is 68.8 cm³/mol. The fourth-order valence-corrected chi connectivity index (χ4v) is 1.52. The molecule has 0 radical (unpaired) electrons. The fraction of sp³-hybridized carbons (Fsp3) is 0.385. The van der Waals surface area contributed by atoms with Gasteiger partial charge in [-0.25, -0.2) is 0 Å². The highest BCUT2D eigenvalue weighted by Crippen LogP contribution is 2.09. The molecule has 5 nitrogen and oxygen atoms in total. The smallest absolute Gasteiger partial charge is 0.255 e. The van der Waals surface area contributed by atoms with E-state index >= 15 is 0 Å². The van der Waals surface area contributed by atoms with Crippen LogP contribution in [0, 0.1) is 11.8 Å². The number of rotatable bonds is 4. The molecule has 0 spiro atoms. The Bertz CT molecular complexity index is 463. The number of carbonyl (C=O) groups excluding carboxylic acids is 1. The van der Waals surface area contributed by atoms with Crippen LogP contribution in [0.25, 0.3) is 0 Å². The zero-order chi connectivity index (χ0) is 13.4. The van der Waals surface area contributed by atoms with Crippen molar-refractivity contribution in [2.45, 2.75) is 6.92 Å². The van der Waals surface area contributed by atoms with Gasteiger partial charge in [-0.15, -0.1) is 0 Å². The van der Waals surface area contributed by atoms with E-state index < -0.39 is 0 Å². The lowest BCUT2D eigenvalue weighted by molar-refractivity contribution is 0.0731. The Morgan fingerprint density at radius 1 is 1.61 bits per heavy atom. The summed E-state index contributed by atoms with van der Waals surface area (Å²) >= 11 is 0. The molecule has 1 heterocycles. The molecular formula is C13H17N3O2. The maximum Gasteiger partial charge on any atom is 0.255 e. The van der Waals surface area contributed by atoms with Gasteiger partial charge >= 0.3 is 0 Å². The molecule has 0 fully saturated rings. The van der Waals surface area contributed by atoms with Crippen molar-refractivity contribution >= 4 is 5.91 Å². The van der Waals surface area contributed by atoms with Crippen LogP contribution in [-0.4, -0.2) is 47.1 Å². The molecule has 0 saturated heterocycles. The van der Waals surface area contributed by atoms with Gasteiger partial charge in [0.2, 0.25) is 0 Å². The number of aliphatic hydroxyl groups excluding tert-OH is 1. The minimum absolute atomic E-state index is 0.0610. The molecule has 1 amide bonds. The first kappa shape index (κ1) is 14.2. The van der Waals surface area contributed by atoms with E-state index in [0.717, 1.165) is 0 Å². The van der Waals surface area contributed by atoms with E-state index in [1.165, 1.54) is 0 Å². The van der Waals surface area contributed by atoms with Gasteiger partial charge in [-0.1, -0.05) is 11.8 Å². The second-order valence-electron chi connectivity index (χ2n) is 3.54. The summed E-state index contributed by atoms with van der Waals surface area (Å²) in [5.41, 5.74) is 6.36. The average Bonchev–Trinajstić information content (AvgIpc) is 2.42. The van der Waals surface area contributed by atoms with Crippen LogP contribution in [0.15, 0.2) is 18.5 Å². The van der Waals surface area contributed by atoms with Gasteiger partial charge in [-0.2, -0.15) is 0 Å². The minimum Gasteiger partial charge on any atom is -0.395 e. The van der Waals surface area contributed by atoms with Crippen molar-refractivity contribution in [1.82, 2.24) is 9.88 Å². The summed E-state index contributed by atoms with van der Waals surface area (Å²) < 4.78 is 0. The van der Waals surface area contributed by atoms with Gasteiger partial charge in [0.15, 0.2) is 0 Å². The minimum atomic E-state index is -0.157. The zero-order valence-electron chi connectivity index (χ0n) is 10.4. The topological polar surface area (TPSA) is 79.5 Å². The van der Waals surface area contributed by atoms with Gasteiger partial charge < -0.3 is 15.7 Å². The highest BCUT2D eigenvalue weighted by Gasteiger charge is 2.16. The molecule has 0 aliphatic heterocycles. The molecule has 0 unspecified atom stereocenters. The predicted octanol–water partition coefficient (Wildman–Crippen LogP) is -0.154. The van der Waals surface area contributed by atoms with E-state index in [4.69, 9.17) is 10.8 Å². The standard InChI is InChI=1S/C13H17N3O2/c1-2-16(8-9-17)13(18)12-5-7-15-10-11(12)4-3-6-14/h5,7,10,17H,2,6,8-9,14H2,1H3. The van der Waals surface area contributed by atoms with E-state index in [2.05, 4.69) is 16.8 Å². The highest BCUT2D eigenvalue weighted by atomic mass is 16.3. The van der Waals surface area contributed by atoms with Crippen molar-refractivity contribution in [1.29, 1.82) is 0 Å². The number of nitrogens with zero attached hydrogens (tertiary/aromatic N) is 2. The van der Waals surface area contributed by atoms with Gasteiger partial charge in [0.1, 0.15) is 0 Å². The number of aliphatic hydroxyl groups is 1. The number of hydrogen-bond acceptors (Lipinski definition) is 4. The van der Waals surface area contributed by atoms with Crippen LogP contribution in [0.1, 0.15) is 22.8 Å². The first-order chi connectivity index (χ1) is 8.74. The molecule has 3 N–H and O–H groups in total. The van der Waals surface area contributed by atoms with E-state index in [-0.39, 0.29) is 19.1 Å². The molecule has 0 saturated carbocycles. The molecule has 1 aromatic rings. The first-order valence-electron chi connectivity index (χ1n) is 5.77. The van der Waals surface area contributed by atoms with Crippen LogP contribution in [0.5, 0.6) is 0 Å². The first-order valence-corrected chi connectivity index (χ1v) is 5.77. The summed E-state index contributed by atoms with van der Waals surface area (Å²) in [7, 11) is 0. The van der Waals surface area contributed by atoms with Gasteiger partial charge in [0, 0.05) is 25.5 Å². The van der Waals surface area contributed by atoms with Crippen LogP contribution in [0.2, 0.25) is 0 Å². The molecule has 96 valence electrons. The molecule has 1 rings (SSSR count). The molecule has 1 aromatic heterocycles. The second kappa shape index (κ2) is 7.43. The van der Waals surface area contributed by atoms with E-state index in [1.54, 1.807) is 23.4 Å². The molecule has 0 aliphatic carbocycles. The Morgan fingerprint density at radius 3 is 3.00 bits per heavy atom. The third-order valence-corrected chi connectivity index (χ3v) is 2.42. The summed E-state index contributed by atoms with van der Waals surface area (Å²) in [6.07, 6.45) is 3.09. The number of nitrogens with two attached hydrogens (primary N) is 1. The van der Waals surface area contributed by atoms with Crippen molar-refractivity contribution in [2.75, 3.05) is 26.2 Å². The van der Waals surface area contributed by atoms with Gasteiger partial charge in [0.25, 0.3) is 5.91 Å². The van der Waals surface area contributed by atoms with Crippen molar-refractivity contribution < 1.29 is 9.90 Å². The summed E-state index contributed by atoms with van der Waals surface area (Å²) in [4.78, 5) is 17.7. The third kappa shape index (κ3) is 3.55. The summed E-state index contributed by atoms with van der Waals surface area (Å²) in [6.45, 7) is 2.87. The molecular weight excluding hydrogens is 230 g/mol. The Kier molecular flexibility index (Phi) is 5.85. The zero-order valence-corrected chi connectivity index (χ0v) is 10.4.